The Morgan fingerprint density at radius 2 is 1.48 bits per heavy atom. The van der Waals surface area contributed by atoms with Gasteiger partial charge in [-0.1, -0.05) is 81.4 Å². The minimum absolute atomic E-state index is 0.0762. The SMILES string of the molecule is COC(=O)Cc1ccc(OCC2C(C(C)(C)C)N(C(=O)O)CCN2C(=O)c2cc(C)n(-c3ccccc3)c2-c2ccccc2)cc1. The molecule has 9 heteroatoms. The van der Waals surface area contributed by atoms with Crippen LogP contribution in [0.15, 0.2) is 91.0 Å². The minimum atomic E-state index is -1.03. The molecule has 1 fully saturated rings. The zero-order valence-corrected chi connectivity index (χ0v) is 27.0. The molecule has 1 saturated heterocycles. The summed E-state index contributed by atoms with van der Waals surface area (Å²) < 4.78 is 13.1. The molecule has 46 heavy (non-hydrogen) atoms. The molecular formula is C37H41N3O6. The van der Waals surface area contributed by atoms with Gasteiger partial charge in [0.2, 0.25) is 0 Å². The van der Waals surface area contributed by atoms with Gasteiger partial charge in [-0.25, -0.2) is 4.79 Å². The Bertz CT molecular complexity index is 1680. The van der Waals surface area contributed by atoms with E-state index in [1.54, 1.807) is 29.2 Å². The number of aryl methyl sites for hydroxylation is 1. The van der Waals surface area contributed by atoms with E-state index in [4.69, 9.17) is 9.47 Å². The standard InChI is InChI=1S/C37H41N3O6/c1-25-22-30(33(27-12-8-6-9-13-27)40(25)28-14-10-7-11-15-28)35(42)38-20-21-39(36(43)44)34(37(2,3)4)31(38)24-46-29-18-16-26(17-19-29)23-32(41)45-5/h6-19,22,31,34H,20-21,23-24H2,1-5H3,(H,43,44). The zero-order valence-electron chi connectivity index (χ0n) is 27.0. The second-order valence-electron chi connectivity index (χ2n) is 12.6. The van der Waals surface area contributed by atoms with Crippen molar-refractivity contribution in [2.24, 2.45) is 5.41 Å². The van der Waals surface area contributed by atoms with Crippen molar-refractivity contribution in [2.75, 3.05) is 26.8 Å². The molecule has 0 saturated carbocycles. The van der Waals surface area contributed by atoms with Gasteiger partial charge in [0, 0.05) is 24.5 Å². The highest BCUT2D eigenvalue weighted by molar-refractivity contribution is 6.01. The third-order valence-electron chi connectivity index (χ3n) is 8.47. The lowest BCUT2D eigenvalue weighted by molar-refractivity contribution is -0.139. The number of aromatic nitrogens is 1. The predicted molar refractivity (Wildman–Crippen MR) is 176 cm³/mol. The van der Waals surface area contributed by atoms with Gasteiger partial charge < -0.3 is 28.9 Å². The molecule has 0 bridgehead atoms. The Kier molecular flexibility index (Phi) is 9.51. The summed E-state index contributed by atoms with van der Waals surface area (Å²) in [5.41, 5.74) is 4.35. The molecule has 1 N–H and O–H groups in total. The van der Waals surface area contributed by atoms with E-state index >= 15 is 0 Å². The molecule has 240 valence electrons. The first-order valence-electron chi connectivity index (χ1n) is 15.4. The lowest BCUT2D eigenvalue weighted by atomic mass is 9.79. The number of ether oxygens (including phenoxy) is 2. The fraction of sp³-hybridized carbons (Fsp3) is 0.324. The molecule has 5 rings (SSSR count). The second-order valence-corrected chi connectivity index (χ2v) is 12.6. The van der Waals surface area contributed by atoms with Crippen LogP contribution in [0.4, 0.5) is 4.79 Å². The van der Waals surface area contributed by atoms with Crippen LogP contribution in [-0.2, 0) is 16.0 Å². The van der Waals surface area contributed by atoms with Crippen molar-refractivity contribution >= 4 is 18.0 Å². The number of para-hydroxylation sites is 1. The molecule has 0 radical (unpaired) electrons. The fourth-order valence-corrected chi connectivity index (χ4v) is 6.46. The molecule has 2 heterocycles. The summed E-state index contributed by atoms with van der Waals surface area (Å²) in [7, 11) is 1.35. The topological polar surface area (TPSA) is 101 Å². The van der Waals surface area contributed by atoms with Gasteiger partial charge in [0.1, 0.15) is 12.4 Å². The molecule has 2 atom stereocenters. The molecule has 1 aromatic heterocycles. The Morgan fingerprint density at radius 1 is 0.870 bits per heavy atom. The van der Waals surface area contributed by atoms with Crippen molar-refractivity contribution in [3.05, 3.63) is 108 Å². The highest BCUT2D eigenvalue weighted by Gasteiger charge is 2.47. The van der Waals surface area contributed by atoms with Crippen molar-refractivity contribution in [1.29, 1.82) is 0 Å². The number of nitrogens with zero attached hydrogens (tertiary/aromatic N) is 3. The second kappa shape index (κ2) is 13.5. The fourth-order valence-electron chi connectivity index (χ4n) is 6.46. The number of benzene rings is 3. The molecular weight excluding hydrogens is 582 g/mol. The van der Waals surface area contributed by atoms with Crippen LogP contribution in [0.2, 0.25) is 0 Å². The molecule has 4 aromatic rings. The summed E-state index contributed by atoms with van der Waals surface area (Å²) in [5, 5.41) is 10.2. The van der Waals surface area contributed by atoms with E-state index < -0.39 is 23.6 Å². The number of amides is 2. The van der Waals surface area contributed by atoms with Crippen LogP contribution >= 0.6 is 0 Å². The molecule has 1 aliphatic heterocycles. The summed E-state index contributed by atoms with van der Waals surface area (Å²) in [4.78, 5) is 42.2. The van der Waals surface area contributed by atoms with Gasteiger partial charge in [0.15, 0.2) is 0 Å². The van der Waals surface area contributed by atoms with E-state index in [2.05, 4.69) is 4.57 Å². The minimum Gasteiger partial charge on any atom is -0.491 e. The van der Waals surface area contributed by atoms with Crippen LogP contribution in [0.3, 0.4) is 0 Å². The van der Waals surface area contributed by atoms with Crippen molar-refractivity contribution in [1.82, 2.24) is 14.4 Å². The van der Waals surface area contributed by atoms with E-state index in [0.717, 1.165) is 28.2 Å². The third kappa shape index (κ3) is 6.78. The Balaban J connectivity index is 1.55. The van der Waals surface area contributed by atoms with Crippen LogP contribution in [0, 0.1) is 12.3 Å². The lowest BCUT2D eigenvalue weighted by Crippen LogP contribution is -2.67. The average molecular weight is 624 g/mol. The average Bonchev–Trinajstić information content (AvgIpc) is 3.40. The van der Waals surface area contributed by atoms with Crippen molar-refractivity contribution in [2.45, 2.75) is 46.2 Å². The summed E-state index contributed by atoms with van der Waals surface area (Å²) in [6.07, 6.45) is -0.882. The third-order valence-corrected chi connectivity index (χ3v) is 8.47. The number of carbonyl (C=O) groups is 3. The number of methoxy groups -OCH3 is 1. The first kappa shape index (κ1) is 32.3. The molecule has 0 spiro atoms. The van der Waals surface area contributed by atoms with Gasteiger partial charge in [-0.3, -0.25) is 9.59 Å². The van der Waals surface area contributed by atoms with Gasteiger partial charge in [-0.2, -0.15) is 0 Å². The normalized spacial score (nSPS) is 16.6. The number of piperazine rings is 1. The van der Waals surface area contributed by atoms with Gasteiger partial charge in [-0.05, 0) is 53.8 Å². The Labute approximate surface area is 270 Å². The molecule has 9 nitrogen and oxygen atoms in total. The van der Waals surface area contributed by atoms with Gasteiger partial charge in [0.25, 0.3) is 5.91 Å². The predicted octanol–water partition coefficient (Wildman–Crippen LogP) is 6.47. The number of hydrogen-bond acceptors (Lipinski definition) is 5. The van der Waals surface area contributed by atoms with Crippen LogP contribution < -0.4 is 4.74 Å². The monoisotopic (exact) mass is 623 g/mol. The molecule has 1 aliphatic rings. The summed E-state index contributed by atoms with van der Waals surface area (Å²) >= 11 is 0. The number of esters is 1. The molecule has 2 unspecified atom stereocenters. The van der Waals surface area contributed by atoms with Crippen LogP contribution in [-0.4, -0.2) is 76.3 Å². The van der Waals surface area contributed by atoms with Crippen molar-refractivity contribution < 1.29 is 29.0 Å². The first-order chi connectivity index (χ1) is 22.0. The Hall–Kier alpha value is -5.05. The van der Waals surface area contributed by atoms with Crippen LogP contribution in [0.1, 0.15) is 42.4 Å². The van der Waals surface area contributed by atoms with E-state index in [-0.39, 0.29) is 38.0 Å². The van der Waals surface area contributed by atoms with Crippen LogP contribution in [0.25, 0.3) is 16.9 Å². The van der Waals surface area contributed by atoms with Gasteiger partial charge >= 0.3 is 12.1 Å². The number of carbonyl (C=O) groups excluding carboxylic acids is 2. The Morgan fingerprint density at radius 3 is 2.07 bits per heavy atom. The van der Waals surface area contributed by atoms with Crippen molar-refractivity contribution in [3.8, 4) is 22.7 Å². The largest absolute Gasteiger partial charge is 0.491 e. The van der Waals surface area contributed by atoms with Gasteiger partial charge in [-0.15, -0.1) is 0 Å². The molecule has 3 aromatic carbocycles. The maximum atomic E-state index is 14.8. The highest BCUT2D eigenvalue weighted by atomic mass is 16.5. The van der Waals surface area contributed by atoms with Crippen molar-refractivity contribution in [3.63, 3.8) is 0 Å². The molecule has 0 aliphatic carbocycles. The number of hydrogen-bond donors (Lipinski definition) is 1. The van der Waals surface area contributed by atoms with Gasteiger partial charge in [0.05, 0.1) is 36.9 Å². The van der Waals surface area contributed by atoms with E-state index in [0.29, 0.717) is 11.3 Å². The highest BCUT2D eigenvalue weighted by Crippen LogP contribution is 2.36. The summed E-state index contributed by atoms with van der Waals surface area (Å²) in [6, 6.07) is 27.7. The lowest BCUT2D eigenvalue weighted by Gasteiger charge is -2.51. The maximum Gasteiger partial charge on any atom is 0.407 e. The molecule has 2 amide bonds. The first-order valence-corrected chi connectivity index (χ1v) is 15.4. The zero-order chi connectivity index (χ0) is 33.0. The number of rotatable bonds is 8. The summed E-state index contributed by atoms with van der Waals surface area (Å²) in [6.45, 7) is 8.42. The maximum absolute atomic E-state index is 14.8. The quantitative estimate of drug-likeness (QED) is 0.226. The van der Waals surface area contributed by atoms with E-state index in [1.165, 1.54) is 12.0 Å². The van der Waals surface area contributed by atoms with Crippen LogP contribution in [0.5, 0.6) is 5.75 Å². The summed E-state index contributed by atoms with van der Waals surface area (Å²) in [5.74, 6) is 0.0353. The van der Waals surface area contributed by atoms with E-state index in [1.807, 2.05) is 94.4 Å². The van der Waals surface area contributed by atoms with E-state index in [9.17, 15) is 19.5 Å². The smallest absolute Gasteiger partial charge is 0.407 e. The number of carboxylic acid groups (broad SMARTS) is 1.